The Morgan fingerprint density at radius 3 is 2.88 bits per heavy atom. The molecule has 0 saturated heterocycles. The van der Waals surface area contributed by atoms with Crippen molar-refractivity contribution in [3.8, 4) is 5.75 Å². The molecule has 1 aromatic rings. The monoisotopic (exact) mass is 232 g/mol. The second-order valence-corrected chi connectivity index (χ2v) is 4.54. The molecule has 0 aromatic heterocycles. The summed E-state index contributed by atoms with van der Waals surface area (Å²) in [5.74, 6) is 0.945. The predicted octanol–water partition coefficient (Wildman–Crippen LogP) is 1.70. The SMILES string of the molecule is COc1cccc2c1C=C(CC(N)CN)CC2. The lowest BCUT2D eigenvalue weighted by atomic mass is 9.89. The molecule has 92 valence electrons. The third kappa shape index (κ3) is 2.68. The highest BCUT2D eigenvalue weighted by Gasteiger charge is 2.15. The summed E-state index contributed by atoms with van der Waals surface area (Å²) in [6.45, 7) is 0.538. The first-order valence-electron chi connectivity index (χ1n) is 6.05. The van der Waals surface area contributed by atoms with Gasteiger partial charge in [-0.05, 0) is 30.9 Å². The average Bonchev–Trinajstić information content (AvgIpc) is 2.37. The van der Waals surface area contributed by atoms with Crippen molar-refractivity contribution < 1.29 is 4.74 Å². The summed E-state index contributed by atoms with van der Waals surface area (Å²) < 4.78 is 5.39. The second-order valence-electron chi connectivity index (χ2n) is 4.54. The van der Waals surface area contributed by atoms with Crippen LogP contribution in [0.4, 0.5) is 0 Å². The standard InChI is InChI=1S/C14H20N2O/c1-17-14-4-2-3-11-6-5-10(8-13(11)14)7-12(16)9-15/h2-4,8,12H,5-7,9,15-16H2,1H3. The Kier molecular flexibility index (Phi) is 3.82. The van der Waals surface area contributed by atoms with E-state index in [9.17, 15) is 0 Å². The van der Waals surface area contributed by atoms with Gasteiger partial charge in [0.1, 0.15) is 5.75 Å². The number of rotatable bonds is 4. The molecular weight excluding hydrogens is 212 g/mol. The zero-order chi connectivity index (χ0) is 12.3. The van der Waals surface area contributed by atoms with Crippen LogP contribution < -0.4 is 16.2 Å². The van der Waals surface area contributed by atoms with Crippen molar-refractivity contribution in [3.05, 3.63) is 34.9 Å². The van der Waals surface area contributed by atoms with E-state index in [-0.39, 0.29) is 6.04 Å². The first-order valence-corrected chi connectivity index (χ1v) is 6.05. The van der Waals surface area contributed by atoms with E-state index in [1.54, 1.807) is 7.11 Å². The molecule has 1 aliphatic rings. The summed E-state index contributed by atoms with van der Waals surface area (Å²) in [6, 6.07) is 6.27. The molecule has 1 unspecified atom stereocenters. The number of nitrogens with two attached hydrogens (primary N) is 2. The minimum Gasteiger partial charge on any atom is -0.496 e. The summed E-state index contributed by atoms with van der Waals surface area (Å²) in [7, 11) is 1.71. The number of aryl methyl sites for hydroxylation is 1. The minimum atomic E-state index is 0.0671. The molecule has 1 atom stereocenters. The molecule has 0 heterocycles. The summed E-state index contributed by atoms with van der Waals surface area (Å²) in [6.07, 6.45) is 5.24. The average molecular weight is 232 g/mol. The Morgan fingerprint density at radius 2 is 2.18 bits per heavy atom. The summed E-state index contributed by atoms with van der Waals surface area (Å²) in [5.41, 5.74) is 15.4. The molecule has 0 aliphatic heterocycles. The highest BCUT2D eigenvalue weighted by molar-refractivity contribution is 5.65. The highest BCUT2D eigenvalue weighted by Crippen LogP contribution is 2.32. The Hall–Kier alpha value is -1.32. The van der Waals surface area contributed by atoms with E-state index in [0.29, 0.717) is 6.54 Å². The van der Waals surface area contributed by atoms with E-state index in [1.165, 1.54) is 16.7 Å². The highest BCUT2D eigenvalue weighted by atomic mass is 16.5. The van der Waals surface area contributed by atoms with Gasteiger partial charge in [0.2, 0.25) is 0 Å². The van der Waals surface area contributed by atoms with E-state index in [0.717, 1.165) is 25.0 Å². The van der Waals surface area contributed by atoms with E-state index in [1.807, 2.05) is 12.1 Å². The van der Waals surface area contributed by atoms with Crippen LogP contribution in [0.25, 0.3) is 6.08 Å². The number of hydrogen-bond acceptors (Lipinski definition) is 3. The summed E-state index contributed by atoms with van der Waals surface area (Å²) in [4.78, 5) is 0. The fourth-order valence-corrected chi connectivity index (χ4v) is 2.30. The first-order chi connectivity index (χ1) is 8.24. The van der Waals surface area contributed by atoms with Crippen molar-refractivity contribution in [3.63, 3.8) is 0 Å². The van der Waals surface area contributed by atoms with E-state index in [4.69, 9.17) is 16.2 Å². The first kappa shape index (κ1) is 12.1. The molecule has 0 saturated carbocycles. The van der Waals surface area contributed by atoms with Crippen molar-refractivity contribution in [1.82, 2.24) is 0 Å². The Morgan fingerprint density at radius 1 is 1.35 bits per heavy atom. The Balaban J connectivity index is 2.26. The largest absolute Gasteiger partial charge is 0.496 e. The molecular formula is C14H20N2O. The zero-order valence-corrected chi connectivity index (χ0v) is 10.3. The molecule has 2 rings (SSSR count). The molecule has 17 heavy (non-hydrogen) atoms. The van der Waals surface area contributed by atoms with Gasteiger partial charge >= 0.3 is 0 Å². The van der Waals surface area contributed by atoms with Gasteiger partial charge in [-0.15, -0.1) is 0 Å². The van der Waals surface area contributed by atoms with Crippen molar-refractivity contribution >= 4 is 6.08 Å². The molecule has 3 nitrogen and oxygen atoms in total. The molecule has 1 aliphatic carbocycles. The smallest absolute Gasteiger partial charge is 0.126 e. The summed E-state index contributed by atoms with van der Waals surface area (Å²) in [5, 5.41) is 0. The number of methoxy groups -OCH3 is 1. The zero-order valence-electron chi connectivity index (χ0n) is 10.3. The van der Waals surface area contributed by atoms with Crippen LogP contribution in [-0.4, -0.2) is 19.7 Å². The van der Waals surface area contributed by atoms with E-state index < -0.39 is 0 Å². The number of fused-ring (bicyclic) bond motifs is 1. The minimum absolute atomic E-state index is 0.0671. The van der Waals surface area contributed by atoms with Crippen LogP contribution in [0, 0.1) is 0 Å². The Bertz CT molecular complexity index is 426. The molecule has 0 spiro atoms. The molecule has 0 radical (unpaired) electrons. The van der Waals surface area contributed by atoms with Crippen molar-refractivity contribution in [1.29, 1.82) is 0 Å². The number of benzene rings is 1. The van der Waals surface area contributed by atoms with Gasteiger partial charge in [-0.25, -0.2) is 0 Å². The maximum absolute atomic E-state index is 5.90. The van der Waals surface area contributed by atoms with Gasteiger partial charge in [0.15, 0.2) is 0 Å². The maximum Gasteiger partial charge on any atom is 0.126 e. The predicted molar refractivity (Wildman–Crippen MR) is 70.9 cm³/mol. The maximum atomic E-state index is 5.90. The lowest BCUT2D eigenvalue weighted by Gasteiger charge is -2.20. The lowest BCUT2D eigenvalue weighted by molar-refractivity contribution is 0.413. The van der Waals surface area contributed by atoms with Crippen LogP contribution in [0.15, 0.2) is 23.8 Å². The molecule has 0 bridgehead atoms. The van der Waals surface area contributed by atoms with Crippen molar-refractivity contribution in [2.24, 2.45) is 11.5 Å². The van der Waals surface area contributed by atoms with Crippen molar-refractivity contribution in [2.45, 2.75) is 25.3 Å². The van der Waals surface area contributed by atoms with Crippen LogP contribution in [0.2, 0.25) is 0 Å². The molecule has 1 aromatic carbocycles. The van der Waals surface area contributed by atoms with Gasteiger partial charge in [-0.3, -0.25) is 0 Å². The van der Waals surface area contributed by atoms with Gasteiger partial charge in [0.05, 0.1) is 7.11 Å². The topological polar surface area (TPSA) is 61.3 Å². The number of ether oxygens (including phenoxy) is 1. The van der Waals surface area contributed by atoms with Crippen LogP contribution in [0.5, 0.6) is 5.75 Å². The van der Waals surface area contributed by atoms with Gasteiger partial charge in [-0.2, -0.15) is 0 Å². The molecule has 4 N–H and O–H groups in total. The molecule has 0 fully saturated rings. The fraction of sp³-hybridized carbons (Fsp3) is 0.429. The lowest BCUT2D eigenvalue weighted by Crippen LogP contribution is -2.30. The third-order valence-electron chi connectivity index (χ3n) is 3.27. The van der Waals surface area contributed by atoms with Gasteiger partial charge in [0.25, 0.3) is 0 Å². The molecule has 3 heteroatoms. The van der Waals surface area contributed by atoms with Crippen LogP contribution in [0.3, 0.4) is 0 Å². The quantitative estimate of drug-likeness (QED) is 0.830. The van der Waals surface area contributed by atoms with E-state index >= 15 is 0 Å². The van der Waals surface area contributed by atoms with Gasteiger partial charge in [0, 0.05) is 18.2 Å². The van der Waals surface area contributed by atoms with Crippen molar-refractivity contribution in [2.75, 3.05) is 13.7 Å². The van der Waals surface area contributed by atoms with Gasteiger partial charge < -0.3 is 16.2 Å². The third-order valence-corrected chi connectivity index (χ3v) is 3.27. The fourth-order valence-electron chi connectivity index (χ4n) is 2.30. The normalized spacial score (nSPS) is 16.1. The van der Waals surface area contributed by atoms with Crippen LogP contribution >= 0.6 is 0 Å². The van der Waals surface area contributed by atoms with Crippen LogP contribution in [0.1, 0.15) is 24.0 Å². The summed E-state index contributed by atoms with van der Waals surface area (Å²) >= 11 is 0. The second kappa shape index (κ2) is 5.34. The van der Waals surface area contributed by atoms with E-state index in [2.05, 4.69) is 12.1 Å². The van der Waals surface area contributed by atoms with Crippen LogP contribution in [-0.2, 0) is 6.42 Å². The molecule has 0 amide bonds. The van der Waals surface area contributed by atoms with Gasteiger partial charge in [-0.1, -0.05) is 23.8 Å². The Labute approximate surface area is 102 Å². The number of hydrogen-bond donors (Lipinski definition) is 2.